The topological polar surface area (TPSA) is 95.2 Å². The van der Waals surface area contributed by atoms with Crippen molar-refractivity contribution >= 4 is 17.4 Å². The largest absolute Gasteiger partial charge is 0.493 e. The van der Waals surface area contributed by atoms with Crippen molar-refractivity contribution in [3.63, 3.8) is 0 Å². The second kappa shape index (κ2) is 5.36. The van der Waals surface area contributed by atoms with Crippen molar-refractivity contribution in [2.24, 2.45) is 0 Å². The predicted molar refractivity (Wildman–Crippen MR) is 79.2 cm³/mol. The second-order valence-corrected chi connectivity index (χ2v) is 5.77. The number of benzene rings is 1. The van der Waals surface area contributed by atoms with E-state index in [-0.39, 0.29) is 11.7 Å². The molecule has 21 heavy (non-hydrogen) atoms. The number of nitrogens with two attached hydrogens (primary N) is 1. The molecule has 0 atom stereocenters. The van der Waals surface area contributed by atoms with Crippen LogP contribution in [0.4, 0.5) is 5.69 Å². The van der Waals surface area contributed by atoms with E-state index in [9.17, 15) is 4.79 Å². The van der Waals surface area contributed by atoms with Crippen LogP contribution in [-0.4, -0.2) is 29.0 Å². The van der Waals surface area contributed by atoms with Gasteiger partial charge in [0.25, 0.3) is 0 Å². The Morgan fingerprint density at radius 1 is 1.33 bits per heavy atom. The Morgan fingerprint density at radius 2 is 2.00 bits per heavy atom. The van der Waals surface area contributed by atoms with E-state index in [0.717, 1.165) is 17.7 Å². The fourth-order valence-electron chi connectivity index (χ4n) is 2.08. The van der Waals surface area contributed by atoms with Crippen LogP contribution in [0.1, 0.15) is 18.9 Å². The van der Waals surface area contributed by atoms with Crippen LogP contribution >= 0.6 is 11.8 Å². The van der Waals surface area contributed by atoms with Gasteiger partial charge < -0.3 is 15.2 Å². The number of nitrogens with zero attached hydrogens (tertiary/aromatic N) is 2. The third-order valence-corrected chi connectivity index (χ3v) is 4.35. The number of aromatic amines is 1. The van der Waals surface area contributed by atoms with Crippen LogP contribution in [0, 0.1) is 0 Å². The highest BCUT2D eigenvalue weighted by Gasteiger charge is 2.29. The number of H-pyrrole nitrogens is 1. The number of hydrogen-bond donors (Lipinski definition) is 2. The highest BCUT2D eigenvalue weighted by molar-refractivity contribution is 7.99. The van der Waals surface area contributed by atoms with E-state index in [1.54, 1.807) is 30.9 Å². The van der Waals surface area contributed by atoms with Crippen LogP contribution in [-0.2, 0) is 0 Å². The molecule has 0 amide bonds. The van der Waals surface area contributed by atoms with Crippen LogP contribution < -0.4 is 20.9 Å². The third-order valence-electron chi connectivity index (χ3n) is 3.30. The number of anilines is 1. The number of nitrogens with one attached hydrogen (secondary N) is 1. The maximum absolute atomic E-state index is 11.8. The standard InChI is InChI=1S/C13H16N4O3S/c1-19-9-5-8(14)11(6-10(9)20-2)21-13-16-15-12(18)17(13)7-3-4-7/h5-7H,3-4,14H2,1-2H3,(H,15,18). The normalized spacial score (nSPS) is 14.2. The molecule has 7 nitrogen and oxygen atoms in total. The van der Waals surface area contributed by atoms with Gasteiger partial charge in [-0.05, 0) is 24.6 Å². The fraction of sp³-hybridized carbons (Fsp3) is 0.385. The number of methoxy groups -OCH3 is 2. The first-order valence-corrected chi connectivity index (χ1v) is 7.32. The number of rotatable bonds is 5. The molecule has 1 aromatic carbocycles. The SMILES string of the molecule is COc1cc(N)c(Sc2n[nH]c(=O)n2C2CC2)cc1OC. The van der Waals surface area contributed by atoms with Crippen molar-refractivity contribution in [2.45, 2.75) is 28.9 Å². The van der Waals surface area contributed by atoms with Crippen molar-refractivity contribution in [3.8, 4) is 11.5 Å². The lowest BCUT2D eigenvalue weighted by atomic mass is 10.3. The van der Waals surface area contributed by atoms with Crippen LogP contribution in [0.25, 0.3) is 0 Å². The molecule has 1 aromatic heterocycles. The molecule has 1 aliphatic rings. The van der Waals surface area contributed by atoms with E-state index in [2.05, 4.69) is 10.2 Å². The van der Waals surface area contributed by atoms with Gasteiger partial charge in [-0.2, -0.15) is 0 Å². The average Bonchev–Trinajstić information content (AvgIpc) is 3.25. The lowest BCUT2D eigenvalue weighted by Crippen LogP contribution is -2.16. The summed E-state index contributed by atoms with van der Waals surface area (Å²) >= 11 is 1.34. The predicted octanol–water partition coefficient (Wildman–Crippen LogP) is 1.66. The molecule has 3 rings (SSSR count). The molecule has 1 saturated carbocycles. The van der Waals surface area contributed by atoms with Crippen LogP contribution in [0.3, 0.4) is 0 Å². The minimum absolute atomic E-state index is 0.181. The lowest BCUT2D eigenvalue weighted by Gasteiger charge is -2.12. The van der Waals surface area contributed by atoms with Gasteiger partial charge in [-0.1, -0.05) is 0 Å². The van der Waals surface area contributed by atoms with Crippen molar-refractivity contribution in [3.05, 3.63) is 22.6 Å². The number of hydrogen-bond acceptors (Lipinski definition) is 6. The smallest absolute Gasteiger partial charge is 0.344 e. The van der Waals surface area contributed by atoms with Crippen molar-refractivity contribution in [2.75, 3.05) is 20.0 Å². The van der Waals surface area contributed by atoms with E-state index in [4.69, 9.17) is 15.2 Å². The summed E-state index contributed by atoms with van der Waals surface area (Å²) in [4.78, 5) is 12.5. The van der Waals surface area contributed by atoms with E-state index < -0.39 is 0 Å². The molecule has 0 unspecified atom stereocenters. The van der Waals surface area contributed by atoms with Crippen LogP contribution in [0.2, 0.25) is 0 Å². The summed E-state index contributed by atoms with van der Waals surface area (Å²) in [5.74, 6) is 1.16. The number of aromatic nitrogens is 3. The number of ether oxygens (including phenoxy) is 2. The third kappa shape index (κ3) is 2.58. The summed E-state index contributed by atoms with van der Waals surface area (Å²) in [6, 6.07) is 3.74. The van der Waals surface area contributed by atoms with E-state index in [0.29, 0.717) is 22.3 Å². The summed E-state index contributed by atoms with van der Waals surface area (Å²) in [6.45, 7) is 0. The van der Waals surface area contributed by atoms with Crippen LogP contribution in [0.5, 0.6) is 11.5 Å². The van der Waals surface area contributed by atoms with Crippen molar-refractivity contribution in [1.29, 1.82) is 0 Å². The molecule has 112 valence electrons. The maximum atomic E-state index is 11.8. The van der Waals surface area contributed by atoms with Crippen molar-refractivity contribution in [1.82, 2.24) is 14.8 Å². The summed E-state index contributed by atoms with van der Waals surface area (Å²) < 4.78 is 12.2. The Labute approximate surface area is 125 Å². The molecular weight excluding hydrogens is 292 g/mol. The van der Waals surface area contributed by atoms with E-state index >= 15 is 0 Å². The Bertz CT molecular complexity index is 721. The first kappa shape index (κ1) is 13.9. The van der Waals surface area contributed by atoms with Crippen molar-refractivity contribution < 1.29 is 9.47 Å². The van der Waals surface area contributed by atoms with Gasteiger partial charge in [0, 0.05) is 28.8 Å². The molecule has 2 aromatic rings. The minimum atomic E-state index is -0.181. The van der Waals surface area contributed by atoms with Crippen LogP contribution in [0.15, 0.2) is 27.0 Å². The van der Waals surface area contributed by atoms with Gasteiger partial charge in [0.15, 0.2) is 16.7 Å². The van der Waals surface area contributed by atoms with Gasteiger partial charge in [-0.25, -0.2) is 9.89 Å². The molecule has 1 aliphatic carbocycles. The molecule has 0 radical (unpaired) electrons. The highest BCUT2D eigenvalue weighted by atomic mass is 32.2. The molecule has 0 bridgehead atoms. The van der Waals surface area contributed by atoms with E-state index in [1.165, 1.54) is 11.8 Å². The molecule has 1 heterocycles. The highest BCUT2D eigenvalue weighted by Crippen LogP contribution is 2.41. The van der Waals surface area contributed by atoms with Gasteiger partial charge >= 0.3 is 5.69 Å². The molecule has 0 aliphatic heterocycles. The number of nitrogen functional groups attached to an aromatic ring is 1. The van der Waals surface area contributed by atoms with Gasteiger partial charge in [0.1, 0.15) is 0 Å². The zero-order valence-corrected chi connectivity index (χ0v) is 12.6. The molecular formula is C13H16N4O3S. The van der Waals surface area contributed by atoms with Gasteiger partial charge in [-0.15, -0.1) is 5.10 Å². The lowest BCUT2D eigenvalue weighted by molar-refractivity contribution is 0.354. The van der Waals surface area contributed by atoms with E-state index in [1.807, 2.05) is 0 Å². The Hall–Kier alpha value is -2.09. The summed E-state index contributed by atoms with van der Waals surface area (Å²) in [6.07, 6.45) is 2.02. The molecule has 8 heteroatoms. The zero-order chi connectivity index (χ0) is 15.0. The van der Waals surface area contributed by atoms with Gasteiger partial charge in [-0.3, -0.25) is 4.57 Å². The first-order valence-electron chi connectivity index (χ1n) is 6.50. The van der Waals surface area contributed by atoms with Gasteiger partial charge in [0.2, 0.25) is 0 Å². The molecule has 0 saturated heterocycles. The average molecular weight is 308 g/mol. The maximum Gasteiger partial charge on any atom is 0.344 e. The molecule has 1 fully saturated rings. The minimum Gasteiger partial charge on any atom is -0.493 e. The zero-order valence-electron chi connectivity index (χ0n) is 11.8. The molecule has 3 N–H and O–H groups in total. The van der Waals surface area contributed by atoms with Gasteiger partial charge in [0.05, 0.1) is 14.2 Å². The second-order valence-electron chi connectivity index (χ2n) is 4.76. The Morgan fingerprint density at radius 3 is 2.62 bits per heavy atom. The first-order chi connectivity index (χ1) is 10.1. The molecule has 0 spiro atoms. The monoisotopic (exact) mass is 308 g/mol. The summed E-state index contributed by atoms with van der Waals surface area (Å²) in [7, 11) is 3.12. The Balaban J connectivity index is 1.96. The quantitative estimate of drug-likeness (QED) is 0.816. The fourth-order valence-corrected chi connectivity index (χ4v) is 3.04. The summed E-state index contributed by atoms with van der Waals surface area (Å²) in [5.41, 5.74) is 6.41. The summed E-state index contributed by atoms with van der Waals surface area (Å²) in [5, 5.41) is 7.17. The Kier molecular flexibility index (Phi) is 3.54.